The van der Waals surface area contributed by atoms with Crippen LogP contribution in [0.3, 0.4) is 0 Å². The first-order valence-electron chi connectivity index (χ1n) is 8.66. The predicted molar refractivity (Wildman–Crippen MR) is 80.7 cm³/mol. The zero-order valence-corrected chi connectivity index (χ0v) is 13.0. The summed E-state index contributed by atoms with van der Waals surface area (Å²) in [6, 6.07) is 2.00. The SMILES string of the molecule is O=C(NC1CCOC2(CCCCC2)C1)c1cc(C2CC2)on1. The van der Waals surface area contributed by atoms with Crippen molar-refractivity contribution >= 4 is 5.91 Å². The van der Waals surface area contributed by atoms with Crippen LogP contribution < -0.4 is 5.32 Å². The van der Waals surface area contributed by atoms with E-state index >= 15 is 0 Å². The molecule has 2 heterocycles. The minimum absolute atomic E-state index is 0.0114. The summed E-state index contributed by atoms with van der Waals surface area (Å²) >= 11 is 0. The maximum absolute atomic E-state index is 12.4. The van der Waals surface area contributed by atoms with Crippen LogP contribution in [0.15, 0.2) is 10.6 Å². The lowest BCUT2D eigenvalue weighted by atomic mass is 9.78. The summed E-state index contributed by atoms with van der Waals surface area (Å²) in [4.78, 5) is 12.4. The molecule has 1 unspecified atom stereocenters. The number of ether oxygens (including phenoxy) is 1. The van der Waals surface area contributed by atoms with Crippen molar-refractivity contribution in [3.05, 3.63) is 17.5 Å². The van der Waals surface area contributed by atoms with Gasteiger partial charge in [0.15, 0.2) is 5.69 Å². The van der Waals surface area contributed by atoms with Crippen LogP contribution in [0.2, 0.25) is 0 Å². The fourth-order valence-corrected chi connectivity index (χ4v) is 3.91. The number of nitrogens with zero attached hydrogens (tertiary/aromatic N) is 1. The maximum atomic E-state index is 12.4. The standard InChI is InChI=1S/C17H24N2O3/c20-16(14-10-15(22-19-14)12-4-5-12)18-13-6-9-21-17(11-13)7-2-1-3-8-17/h10,12-13H,1-9,11H2,(H,18,20). The Morgan fingerprint density at radius 1 is 1.23 bits per heavy atom. The molecular formula is C17H24N2O3. The van der Waals surface area contributed by atoms with Crippen molar-refractivity contribution in [2.24, 2.45) is 0 Å². The van der Waals surface area contributed by atoms with Crippen molar-refractivity contribution in [1.29, 1.82) is 0 Å². The van der Waals surface area contributed by atoms with Crippen molar-refractivity contribution in [3.8, 4) is 0 Å². The second kappa shape index (κ2) is 5.69. The molecule has 3 aliphatic rings. The monoisotopic (exact) mass is 304 g/mol. The molecule has 0 bridgehead atoms. The molecule has 1 aliphatic heterocycles. The lowest BCUT2D eigenvalue weighted by molar-refractivity contribution is -0.108. The van der Waals surface area contributed by atoms with E-state index < -0.39 is 0 Å². The van der Waals surface area contributed by atoms with E-state index in [4.69, 9.17) is 9.26 Å². The Bertz CT molecular complexity index is 538. The summed E-state index contributed by atoms with van der Waals surface area (Å²) in [5.74, 6) is 1.25. The molecule has 5 nitrogen and oxygen atoms in total. The Morgan fingerprint density at radius 2 is 2.05 bits per heavy atom. The van der Waals surface area contributed by atoms with Crippen molar-refractivity contribution in [2.45, 2.75) is 75.3 Å². The van der Waals surface area contributed by atoms with Gasteiger partial charge in [0.25, 0.3) is 5.91 Å². The van der Waals surface area contributed by atoms with Crippen LogP contribution >= 0.6 is 0 Å². The molecule has 22 heavy (non-hydrogen) atoms. The minimum Gasteiger partial charge on any atom is -0.375 e. The fourth-order valence-electron chi connectivity index (χ4n) is 3.91. The van der Waals surface area contributed by atoms with Crippen molar-refractivity contribution in [1.82, 2.24) is 10.5 Å². The minimum atomic E-state index is -0.103. The van der Waals surface area contributed by atoms with E-state index in [1.165, 1.54) is 19.3 Å². The third kappa shape index (κ3) is 2.91. The van der Waals surface area contributed by atoms with Gasteiger partial charge < -0.3 is 14.6 Å². The highest BCUT2D eigenvalue weighted by Gasteiger charge is 2.39. The molecule has 0 radical (unpaired) electrons. The largest absolute Gasteiger partial charge is 0.375 e. The lowest BCUT2D eigenvalue weighted by Crippen LogP contribution is -2.49. The molecule has 1 amide bonds. The Hall–Kier alpha value is -1.36. The molecule has 1 N–H and O–H groups in total. The Balaban J connectivity index is 1.38. The topological polar surface area (TPSA) is 64.4 Å². The molecule has 1 aromatic heterocycles. The van der Waals surface area contributed by atoms with Gasteiger partial charge in [0.05, 0.1) is 5.60 Å². The molecule has 5 heteroatoms. The van der Waals surface area contributed by atoms with Gasteiger partial charge in [-0.15, -0.1) is 0 Å². The molecule has 2 aliphatic carbocycles. The highest BCUT2D eigenvalue weighted by atomic mass is 16.5. The van der Waals surface area contributed by atoms with Crippen LogP contribution in [-0.2, 0) is 4.74 Å². The van der Waals surface area contributed by atoms with E-state index in [0.29, 0.717) is 11.6 Å². The number of rotatable bonds is 3. The van der Waals surface area contributed by atoms with Gasteiger partial charge in [-0.25, -0.2) is 0 Å². The molecule has 3 fully saturated rings. The van der Waals surface area contributed by atoms with Gasteiger partial charge in [-0.05, 0) is 38.5 Å². The van der Waals surface area contributed by atoms with Gasteiger partial charge in [0.1, 0.15) is 5.76 Å². The van der Waals surface area contributed by atoms with Crippen molar-refractivity contribution in [2.75, 3.05) is 6.61 Å². The first kappa shape index (κ1) is 14.2. The Labute approximate surface area is 130 Å². The normalized spacial score (nSPS) is 27.7. The third-order valence-electron chi connectivity index (χ3n) is 5.33. The number of nitrogens with one attached hydrogen (secondary N) is 1. The zero-order chi connectivity index (χ0) is 15.0. The van der Waals surface area contributed by atoms with Gasteiger partial charge in [-0.2, -0.15) is 0 Å². The average Bonchev–Trinajstić information content (AvgIpc) is 3.25. The fraction of sp³-hybridized carbons (Fsp3) is 0.765. The first-order chi connectivity index (χ1) is 10.7. The summed E-state index contributed by atoms with van der Waals surface area (Å²) in [5, 5.41) is 7.07. The van der Waals surface area contributed by atoms with Gasteiger partial charge >= 0.3 is 0 Å². The summed E-state index contributed by atoms with van der Waals surface area (Å²) < 4.78 is 11.4. The summed E-state index contributed by atoms with van der Waals surface area (Å²) in [7, 11) is 0. The summed E-state index contributed by atoms with van der Waals surface area (Å²) in [6.45, 7) is 0.747. The van der Waals surface area contributed by atoms with Crippen LogP contribution in [0.25, 0.3) is 0 Å². The Kier molecular flexibility index (Phi) is 3.68. The van der Waals surface area contributed by atoms with E-state index in [1.54, 1.807) is 0 Å². The zero-order valence-electron chi connectivity index (χ0n) is 13.0. The predicted octanol–water partition coefficient (Wildman–Crippen LogP) is 3.16. The van der Waals surface area contributed by atoms with Gasteiger partial charge in [0.2, 0.25) is 0 Å². The smallest absolute Gasteiger partial charge is 0.273 e. The lowest BCUT2D eigenvalue weighted by Gasteiger charge is -2.43. The second-order valence-electron chi connectivity index (χ2n) is 7.14. The highest BCUT2D eigenvalue weighted by molar-refractivity contribution is 5.92. The number of carbonyl (C=O) groups excluding carboxylic acids is 1. The molecule has 1 spiro atoms. The van der Waals surface area contributed by atoms with E-state index in [1.807, 2.05) is 6.07 Å². The molecule has 2 saturated carbocycles. The van der Waals surface area contributed by atoms with Gasteiger partial charge in [-0.1, -0.05) is 24.4 Å². The van der Waals surface area contributed by atoms with Crippen molar-refractivity contribution < 1.29 is 14.1 Å². The quantitative estimate of drug-likeness (QED) is 0.931. The van der Waals surface area contributed by atoms with Crippen molar-refractivity contribution in [3.63, 3.8) is 0 Å². The molecule has 1 saturated heterocycles. The average molecular weight is 304 g/mol. The third-order valence-corrected chi connectivity index (χ3v) is 5.33. The van der Waals surface area contributed by atoms with E-state index in [9.17, 15) is 4.79 Å². The van der Waals surface area contributed by atoms with Gasteiger partial charge in [-0.3, -0.25) is 4.79 Å². The maximum Gasteiger partial charge on any atom is 0.273 e. The van der Waals surface area contributed by atoms with E-state index in [0.717, 1.165) is 50.9 Å². The number of amides is 1. The second-order valence-corrected chi connectivity index (χ2v) is 7.14. The van der Waals surface area contributed by atoms with Crippen LogP contribution in [0.4, 0.5) is 0 Å². The number of aromatic nitrogens is 1. The molecule has 0 aromatic carbocycles. The molecule has 1 atom stereocenters. The highest BCUT2D eigenvalue weighted by Crippen LogP contribution is 2.40. The Morgan fingerprint density at radius 3 is 2.82 bits per heavy atom. The van der Waals surface area contributed by atoms with E-state index in [2.05, 4.69) is 10.5 Å². The van der Waals surface area contributed by atoms with E-state index in [-0.39, 0.29) is 17.6 Å². The van der Waals surface area contributed by atoms with Crippen LogP contribution in [-0.4, -0.2) is 29.3 Å². The molecule has 120 valence electrons. The summed E-state index contributed by atoms with van der Waals surface area (Å²) in [6.07, 6.45) is 10.2. The number of carbonyl (C=O) groups is 1. The van der Waals surface area contributed by atoms with Crippen LogP contribution in [0.1, 0.15) is 80.0 Å². The van der Waals surface area contributed by atoms with Crippen LogP contribution in [0.5, 0.6) is 0 Å². The van der Waals surface area contributed by atoms with Crippen LogP contribution in [0, 0.1) is 0 Å². The molecule has 1 aromatic rings. The molecular weight excluding hydrogens is 280 g/mol. The molecule has 4 rings (SSSR count). The number of hydrogen-bond acceptors (Lipinski definition) is 4. The number of hydrogen-bond donors (Lipinski definition) is 1. The summed E-state index contributed by atoms with van der Waals surface area (Å²) in [5.41, 5.74) is 0.434. The van der Waals surface area contributed by atoms with Gasteiger partial charge in [0, 0.05) is 24.6 Å². The first-order valence-corrected chi connectivity index (χ1v) is 8.66.